The Morgan fingerprint density at radius 2 is 1.96 bits per heavy atom. The highest BCUT2D eigenvalue weighted by atomic mass is 16.2. The van der Waals surface area contributed by atoms with E-state index in [0.29, 0.717) is 12.5 Å². The lowest BCUT2D eigenvalue weighted by Gasteiger charge is -2.14. The van der Waals surface area contributed by atoms with Gasteiger partial charge in [0.1, 0.15) is 5.82 Å². The molecule has 1 aliphatic carbocycles. The number of hydrogen-bond acceptors (Lipinski definition) is 4. The van der Waals surface area contributed by atoms with Crippen LogP contribution in [0.1, 0.15) is 40.8 Å². The van der Waals surface area contributed by atoms with E-state index in [1.54, 1.807) is 17.3 Å². The fourth-order valence-corrected chi connectivity index (χ4v) is 3.33. The van der Waals surface area contributed by atoms with Gasteiger partial charge in [0, 0.05) is 18.7 Å². The normalized spacial score (nSPS) is 16.1. The lowest BCUT2D eigenvalue weighted by atomic mass is 10.2. The van der Waals surface area contributed by atoms with Crippen LogP contribution in [-0.2, 0) is 6.42 Å². The molecule has 0 atom stereocenters. The van der Waals surface area contributed by atoms with Crippen molar-refractivity contribution in [3.63, 3.8) is 0 Å². The van der Waals surface area contributed by atoms with Gasteiger partial charge in [-0.2, -0.15) is 0 Å². The Morgan fingerprint density at radius 1 is 1.12 bits per heavy atom. The van der Waals surface area contributed by atoms with E-state index < -0.39 is 0 Å². The lowest BCUT2D eigenvalue weighted by molar-refractivity contribution is 0.0979. The molecule has 1 fully saturated rings. The second-order valence-corrected chi connectivity index (χ2v) is 6.53. The van der Waals surface area contributed by atoms with Gasteiger partial charge in [0.15, 0.2) is 0 Å². The third-order valence-corrected chi connectivity index (χ3v) is 4.80. The summed E-state index contributed by atoms with van der Waals surface area (Å²) in [4.78, 5) is 23.5. The first-order chi connectivity index (χ1) is 12.3. The first-order valence-electron chi connectivity index (χ1n) is 8.58. The number of carbonyl (C=O) groups excluding carboxylic acids is 1. The molecule has 0 radical (unpaired) electrons. The predicted molar refractivity (Wildman–Crippen MR) is 93.0 cm³/mol. The molecule has 2 aliphatic rings. The van der Waals surface area contributed by atoms with E-state index in [0.717, 1.165) is 42.0 Å². The van der Waals surface area contributed by atoms with Crippen molar-refractivity contribution >= 4 is 11.6 Å². The number of carbonyl (C=O) groups is 1. The summed E-state index contributed by atoms with van der Waals surface area (Å²) < 4.78 is 1.82. The topological polar surface area (TPSA) is 63.9 Å². The summed E-state index contributed by atoms with van der Waals surface area (Å²) in [6.45, 7) is 0.651. The Labute approximate surface area is 145 Å². The summed E-state index contributed by atoms with van der Waals surface area (Å²) in [6, 6.07) is 11.9. The second-order valence-electron chi connectivity index (χ2n) is 6.53. The third kappa shape index (κ3) is 2.41. The Balaban J connectivity index is 1.54. The minimum absolute atomic E-state index is 0.150. The molecular weight excluding hydrogens is 314 g/mol. The molecule has 0 unspecified atom stereocenters. The van der Waals surface area contributed by atoms with Crippen LogP contribution in [0, 0.1) is 0 Å². The molecular formula is C19H17N5O. The number of hydrogen-bond donors (Lipinski definition) is 0. The Morgan fingerprint density at radius 3 is 2.76 bits per heavy atom. The van der Waals surface area contributed by atoms with Crippen LogP contribution in [0.5, 0.6) is 0 Å². The molecule has 1 aromatic carbocycles. The van der Waals surface area contributed by atoms with Gasteiger partial charge in [0.25, 0.3) is 5.91 Å². The van der Waals surface area contributed by atoms with Crippen molar-refractivity contribution in [3.05, 3.63) is 66.0 Å². The van der Waals surface area contributed by atoms with Crippen molar-refractivity contribution in [2.75, 3.05) is 11.4 Å². The predicted octanol–water partition coefficient (Wildman–Crippen LogP) is 2.74. The summed E-state index contributed by atoms with van der Waals surface area (Å²) in [7, 11) is 0. The van der Waals surface area contributed by atoms with Crippen LogP contribution in [0.4, 0.5) is 5.69 Å². The highest BCUT2D eigenvalue weighted by Gasteiger charge is 2.34. The molecule has 25 heavy (non-hydrogen) atoms. The van der Waals surface area contributed by atoms with E-state index in [4.69, 9.17) is 0 Å². The fraction of sp³-hybridized carbons (Fsp3) is 0.263. The van der Waals surface area contributed by atoms with Crippen LogP contribution in [-0.4, -0.2) is 32.2 Å². The first-order valence-corrected chi connectivity index (χ1v) is 8.58. The van der Waals surface area contributed by atoms with Gasteiger partial charge < -0.3 is 4.90 Å². The Kier molecular flexibility index (Phi) is 3.16. The number of nitrogens with zero attached hydrogens (tertiary/aromatic N) is 5. The van der Waals surface area contributed by atoms with Gasteiger partial charge >= 0.3 is 0 Å². The van der Waals surface area contributed by atoms with Crippen LogP contribution in [0.25, 0.3) is 5.69 Å². The molecule has 0 saturated heterocycles. The van der Waals surface area contributed by atoms with Crippen LogP contribution >= 0.6 is 0 Å². The van der Waals surface area contributed by atoms with Crippen LogP contribution in [0.15, 0.2) is 48.8 Å². The highest BCUT2D eigenvalue weighted by molar-refractivity contribution is 6.04. The molecule has 2 aromatic heterocycles. The number of anilines is 1. The van der Waals surface area contributed by atoms with E-state index in [1.165, 1.54) is 0 Å². The van der Waals surface area contributed by atoms with E-state index >= 15 is 0 Å². The smallest absolute Gasteiger partial charge is 0.298 e. The Bertz CT molecular complexity index is 945. The first kappa shape index (κ1) is 14.3. The summed E-state index contributed by atoms with van der Waals surface area (Å²) in [5.74, 6) is 1.41. The molecule has 124 valence electrons. The van der Waals surface area contributed by atoms with Gasteiger partial charge in [-0.15, -0.1) is 5.10 Å². The number of rotatable bonds is 3. The van der Waals surface area contributed by atoms with Crippen LogP contribution in [0.2, 0.25) is 0 Å². The maximum Gasteiger partial charge on any atom is 0.298 e. The summed E-state index contributed by atoms with van der Waals surface area (Å²) >= 11 is 0. The third-order valence-electron chi connectivity index (χ3n) is 4.80. The van der Waals surface area contributed by atoms with Gasteiger partial charge in [0.2, 0.25) is 5.82 Å². The number of benzene rings is 1. The molecule has 0 spiro atoms. The van der Waals surface area contributed by atoms with Gasteiger partial charge in [-0.05, 0) is 43.0 Å². The summed E-state index contributed by atoms with van der Waals surface area (Å²) in [5.41, 5.74) is 2.96. The molecule has 6 heteroatoms. The molecule has 3 heterocycles. The van der Waals surface area contributed by atoms with Crippen molar-refractivity contribution < 1.29 is 4.79 Å². The molecule has 5 rings (SSSR count). The zero-order valence-electron chi connectivity index (χ0n) is 13.7. The molecule has 6 nitrogen and oxygen atoms in total. The monoisotopic (exact) mass is 331 g/mol. The minimum atomic E-state index is -0.150. The largest absolute Gasteiger partial charge is 0.303 e. The molecule has 1 amide bonds. The van der Waals surface area contributed by atoms with E-state index in [2.05, 4.69) is 15.1 Å². The van der Waals surface area contributed by atoms with Crippen molar-refractivity contribution in [2.45, 2.75) is 25.2 Å². The van der Waals surface area contributed by atoms with E-state index in [9.17, 15) is 4.79 Å². The van der Waals surface area contributed by atoms with Crippen molar-refractivity contribution in [2.24, 2.45) is 0 Å². The Hall–Kier alpha value is -3.02. The molecule has 0 N–H and O–H groups in total. The van der Waals surface area contributed by atoms with Gasteiger partial charge in [-0.25, -0.2) is 9.67 Å². The summed E-state index contributed by atoms with van der Waals surface area (Å²) in [5, 5.41) is 4.55. The number of amides is 1. The quantitative estimate of drug-likeness (QED) is 0.740. The zero-order valence-corrected chi connectivity index (χ0v) is 13.7. The highest BCUT2D eigenvalue weighted by Crippen LogP contribution is 2.40. The minimum Gasteiger partial charge on any atom is -0.303 e. The standard InChI is InChI=1S/C19H17N5O/c25-19(23-11-9-13-8-10-20-12-16(13)23)17-21-18(14-6-7-14)24(22-17)15-4-2-1-3-5-15/h1-5,8,10,12,14H,6-7,9,11H2. The number of fused-ring (bicyclic) bond motifs is 1. The van der Waals surface area contributed by atoms with Gasteiger partial charge in [0.05, 0.1) is 17.6 Å². The zero-order chi connectivity index (χ0) is 16.8. The van der Waals surface area contributed by atoms with Gasteiger partial charge in [-0.3, -0.25) is 9.78 Å². The second kappa shape index (κ2) is 5.51. The van der Waals surface area contributed by atoms with E-state index in [-0.39, 0.29) is 11.7 Å². The SMILES string of the molecule is O=C(c1nc(C2CC2)n(-c2ccccc2)n1)N1CCc2ccncc21. The molecule has 1 saturated carbocycles. The maximum absolute atomic E-state index is 13.0. The average molecular weight is 331 g/mol. The number of aromatic nitrogens is 4. The van der Waals surface area contributed by atoms with Crippen LogP contribution in [0.3, 0.4) is 0 Å². The molecule has 1 aliphatic heterocycles. The summed E-state index contributed by atoms with van der Waals surface area (Å²) in [6.07, 6.45) is 6.57. The van der Waals surface area contributed by atoms with Crippen molar-refractivity contribution in [3.8, 4) is 5.69 Å². The number of para-hydroxylation sites is 1. The average Bonchev–Trinajstić information content (AvgIpc) is 3.27. The van der Waals surface area contributed by atoms with Gasteiger partial charge in [-0.1, -0.05) is 18.2 Å². The fourth-order valence-electron chi connectivity index (χ4n) is 3.33. The van der Waals surface area contributed by atoms with Crippen molar-refractivity contribution in [1.29, 1.82) is 0 Å². The molecule has 0 bridgehead atoms. The van der Waals surface area contributed by atoms with Crippen molar-refractivity contribution in [1.82, 2.24) is 19.7 Å². The van der Waals surface area contributed by atoms with Crippen LogP contribution < -0.4 is 4.90 Å². The number of pyridine rings is 1. The lowest BCUT2D eigenvalue weighted by Crippen LogP contribution is -2.30. The molecule has 3 aromatic rings. The maximum atomic E-state index is 13.0. The van der Waals surface area contributed by atoms with E-state index in [1.807, 2.05) is 41.1 Å².